The number of benzene rings is 1. The van der Waals surface area contributed by atoms with Crippen LogP contribution in [0.5, 0.6) is 0 Å². The van der Waals surface area contributed by atoms with Crippen molar-refractivity contribution in [2.45, 2.75) is 32.2 Å². The van der Waals surface area contributed by atoms with Crippen LogP contribution in [0.25, 0.3) is 0 Å². The van der Waals surface area contributed by atoms with Gasteiger partial charge < -0.3 is 10.3 Å². The van der Waals surface area contributed by atoms with Crippen molar-refractivity contribution in [3.8, 4) is 0 Å². The highest BCUT2D eigenvalue weighted by Crippen LogP contribution is 2.21. The van der Waals surface area contributed by atoms with Crippen molar-refractivity contribution >= 4 is 11.6 Å². The number of halogens is 1. The fourth-order valence-corrected chi connectivity index (χ4v) is 1.72. The lowest BCUT2D eigenvalue weighted by molar-refractivity contribution is 0.290. The third-order valence-electron chi connectivity index (χ3n) is 3.00. The highest BCUT2D eigenvalue weighted by Gasteiger charge is 2.26. The number of hydrogen-bond donors (Lipinski definition) is 1. The number of aromatic nitrogens is 2. The van der Waals surface area contributed by atoms with Crippen molar-refractivity contribution in [3.63, 3.8) is 0 Å². The highest BCUT2D eigenvalue weighted by atomic mass is 35.5. The largest absolute Gasteiger partial charge is 0.337 e. The van der Waals surface area contributed by atoms with Crippen LogP contribution in [-0.4, -0.2) is 10.1 Å². The SMILES string of the molecule is CCC(C)(N)c1nc(Cc2ccccc2Cl)no1. The summed E-state index contributed by atoms with van der Waals surface area (Å²) in [4.78, 5) is 4.33. The van der Waals surface area contributed by atoms with E-state index in [1.54, 1.807) is 0 Å². The molecule has 1 unspecified atom stereocenters. The van der Waals surface area contributed by atoms with Gasteiger partial charge in [0.15, 0.2) is 5.82 Å². The Balaban J connectivity index is 2.20. The van der Waals surface area contributed by atoms with E-state index in [4.69, 9.17) is 21.9 Å². The van der Waals surface area contributed by atoms with Crippen molar-refractivity contribution in [3.05, 3.63) is 46.6 Å². The van der Waals surface area contributed by atoms with Gasteiger partial charge in [0.2, 0.25) is 5.89 Å². The smallest absolute Gasteiger partial charge is 0.246 e. The first kappa shape index (κ1) is 13.1. The molecular formula is C13H16ClN3O. The van der Waals surface area contributed by atoms with Gasteiger partial charge in [-0.05, 0) is 25.0 Å². The first-order valence-corrected chi connectivity index (χ1v) is 6.26. The lowest BCUT2D eigenvalue weighted by Gasteiger charge is -2.16. The number of rotatable bonds is 4. The van der Waals surface area contributed by atoms with Crippen molar-refractivity contribution < 1.29 is 4.52 Å². The third kappa shape index (κ3) is 2.71. The summed E-state index contributed by atoms with van der Waals surface area (Å²) in [6, 6.07) is 7.61. The Bertz CT molecular complexity index is 537. The van der Waals surface area contributed by atoms with Crippen LogP contribution in [0.2, 0.25) is 5.02 Å². The number of nitrogens with zero attached hydrogens (tertiary/aromatic N) is 2. The van der Waals surface area contributed by atoms with Crippen LogP contribution in [0.3, 0.4) is 0 Å². The fourth-order valence-electron chi connectivity index (χ4n) is 1.52. The van der Waals surface area contributed by atoms with Crippen LogP contribution < -0.4 is 5.73 Å². The molecule has 5 heteroatoms. The minimum absolute atomic E-state index is 0.465. The molecular weight excluding hydrogens is 250 g/mol. The van der Waals surface area contributed by atoms with Crippen LogP contribution in [-0.2, 0) is 12.0 Å². The van der Waals surface area contributed by atoms with Crippen LogP contribution >= 0.6 is 11.6 Å². The maximum absolute atomic E-state index is 6.09. The van der Waals surface area contributed by atoms with Gasteiger partial charge in [-0.2, -0.15) is 4.98 Å². The van der Waals surface area contributed by atoms with Gasteiger partial charge in [0.1, 0.15) is 0 Å². The zero-order valence-electron chi connectivity index (χ0n) is 10.5. The first-order chi connectivity index (χ1) is 8.53. The summed E-state index contributed by atoms with van der Waals surface area (Å²) in [7, 11) is 0. The zero-order chi connectivity index (χ0) is 13.2. The molecule has 0 aliphatic heterocycles. The lowest BCUT2D eigenvalue weighted by atomic mass is 10.0. The molecule has 96 valence electrons. The standard InChI is InChI=1S/C13H16ClN3O/c1-3-13(2,15)12-16-11(17-18-12)8-9-6-4-5-7-10(9)14/h4-7H,3,8,15H2,1-2H3. The molecule has 0 fully saturated rings. The summed E-state index contributed by atoms with van der Waals surface area (Å²) in [5.41, 5.74) is 6.45. The maximum atomic E-state index is 6.09. The molecule has 1 aromatic heterocycles. The van der Waals surface area contributed by atoms with Crippen molar-refractivity contribution in [2.24, 2.45) is 5.73 Å². The van der Waals surface area contributed by atoms with E-state index < -0.39 is 5.54 Å². The van der Waals surface area contributed by atoms with Gasteiger partial charge >= 0.3 is 0 Å². The van der Waals surface area contributed by atoms with E-state index in [1.165, 1.54) is 0 Å². The van der Waals surface area contributed by atoms with Gasteiger partial charge in [0.25, 0.3) is 0 Å². The Hall–Kier alpha value is -1.39. The van der Waals surface area contributed by atoms with Gasteiger partial charge in [0.05, 0.1) is 5.54 Å². The molecule has 2 N–H and O–H groups in total. The quantitative estimate of drug-likeness (QED) is 0.923. The zero-order valence-corrected chi connectivity index (χ0v) is 11.2. The van der Waals surface area contributed by atoms with E-state index in [2.05, 4.69) is 10.1 Å². The van der Waals surface area contributed by atoms with Crippen molar-refractivity contribution in [1.29, 1.82) is 0 Å². The molecule has 2 aromatic rings. The Morgan fingerprint density at radius 1 is 1.39 bits per heavy atom. The van der Waals surface area contributed by atoms with E-state index >= 15 is 0 Å². The molecule has 0 amide bonds. The molecule has 1 atom stereocenters. The minimum atomic E-state index is -0.578. The number of nitrogens with two attached hydrogens (primary N) is 1. The monoisotopic (exact) mass is 265 g/mol. The molecule has 0 radical (unpaired) electrons. The molecule has 0 spiro atoms. The van der Waals surface area contributed by atoms with Crippen LogP contribution in [0.15, 0.2) is 28.8 Å². The van der Waals surface area contributed by atoms with Crippen molar-refractivity contribution in [1.82, 2.24) is 10.1 Å². The average molecular weight is 266 g/mol. The Morgan fingerprint density at radius 2 is 2.11 bits per heavy atom. The summed E-state index contributed by atoms with van der Waals surface area (Å²) >= 11 is 6.09. The fraction of sp³-hybridized carbons (Fsp3) is 0.385. The first-order valence-electron chi connectivity index (χ1n) is 5.88. The van der Waals surface area contributed by atoms with E-state index in [-0.39, 0.29) is 0 Å². The van der Waals surface area contributed by atoms with Gasteiger partial charge in [-0.1, -0.05) is 41.9 Å². The maximum Gasteiger partial charge on any atom is 0.246 e. The molecule has 2 rings (SSSR count). The molecule has 1 aromatic carbocycles. The number of hydrogen-bond acceptors (Lipinski definition) is 4. The normalized spacial score (nSPS) is 14.4. The predicted octanol–water partition coefficient (Wildman–Crippen LogP) is 2.90. The topological polar surface area (TPSA) is 64.9 Å². The summed E-state index contributed by atoms with van der Waals surface area (Å²) < 4.78 is 5.20. The van der Waals surface area contributed by atoms with Gasteiger partial charge in [0, 0.05) is 11.4 Å². The summed E-state index contributed by atoms with van der Waals surface area (Å²) in [6.07, 6.45) is 1.28. The highest BCUT2D eigenvalue weighted by molar-refractivity contribution is 6.31. The Labute approximate surface area is 111 Å². The molecule has 0 aliphatic rings. The van der Waals surface area contributed by atoms with Crippen LogP contribution in [0.1, 0.15) is 37.5 Å². The third-order valence-corrected chi connectivity index (χ3v) is 3.37. The second-order valence-corrected chi connectivity index (χ2v) is 4.96. The average Bonchev–Trinajstić information content (AvgIpc) is 2.81. The van der Waals surface area contributed by atoms with Crippen LogP contribution in [0, 0.1) is 0 Å². The van der Waals surface area contributed by atoms with E-state index in [9.17, 15) is 0 Å². The molecule has 18 heavy (non-hydrogen) atoms. The predicted molar refractivity (Wildman–Crippen MR) is 70.4 cm³/mol. The molecule has 1 heterocycles. The summed E-state index contributed by atoms with van der Waals surface area (Å²) in [5, 5.41) is 4.65. The van der Waals surface area contributed by atoms with E-state index in [1.807, 2.05) is 38.1 Å². The van der Waals surface area contributed by atoms with Gasteiger partial charge in [-0.25, -0.2) is 0 Å². The minimum Gasteiger partial charge on any atom is -0.337 e. The van der Waals surface area contributed by atoms with Gasteiger partial charge in [-0.15, -0.1) is 0 Å². The molecule has 0 bridgehead atoms. The second kappa shape index (κ2) is 5.08. The van der Waals surface area contributed by atoms with Crippen LogP contribution in [0.4, 0.5) is 0 Å². The Morgan fingerprint density at radius 3 is 2.78 bits per heavy atom. The summed E-state index contributed by atoms with van der Waals surface area (Å²) in [6.45, 7) is 3.86. The molecule has 0 saturated carbocycles. The van der Waals surface area contributed by atoms with Crippen molar-refractivity contribution in [2.75, 3.05) is 0 Å². The molecule has 0 aliphatic carbocycles. The molecule has 4 nitrogen and oxygen atoms in total. The second-order valence-electron chi connectivity index (χ2n) is 4.55. The van der Waals surface area contributed by atoms with E-state index in [0.717, 1.165) is 12.0 Å². The molecule has 0 saturated heterocycles. The summed E-state index contributed by atoms with van der Waals surface area (Å²) in [5.74, 6) is 1.07. The Kier molecular flexibility index (Phi) is 3.68. The van der Waals surface area contributed by atoms with Gasteiger partial charge in [-0.3, -0.25) is 0 Å². The lowest BCUT2D eigenvalue weighted by Crippen LogP contribution is -2.32. The van der Waals surface area contributed by atoms with E-state index in [0.29, 0.717) is 23.2 Å².